The molecule has 2 rings (SSSR count). The Kier molecular flexibility index (Phi) is 3.76. The van der Waals surface area contributed by atoms with Gasteiger partial charge >= 0.3 is 5.97 Å². The molecule has 2 aromatic rings. The zero-order valence-corrected chi connectivity index (χ0v) is 12.2. The number of aliphatic carboxylic acids is 1. The molecule has 0 atom stereocenters. The van der Waals surface area contributed by atoms with Crippen LogP contribution >= 0.6 is 27.7 Å². The van der Waals surface area contributed by atoms with Crippen LogP contribution in [-0.2, 0) is 4.79 Å². The second-order valence-corrected chi connectivity index (χ2v) is 5.59. The number of carbonyl (C=O) groups is 1. The highest BCUT2D eigenvalue weighted by Gasteiger charge is 2.15. The van der Waals surface area contributed by atoms with Gasteiger partial charge in [-0.1, -0.05) is 11.8 Å². The summed E-state index contributed by atoms with van der Waals surface area (Å²) in [6.07, 6.45) is 1.69. The highest BCUT2D eigenvalue weighted by molar-refractivity contribution is 9.10. The minimum Gasteiger partial charge on any atom is -0.481 e. The Morgan fingerprint density at radius 1 is 1.61 bits per heavy atom. The number of hydrogen-bond donors (Lipinski definition) is 1. The lowest BCUT2D eigenvalue weighted by molar-refractivity contribution is -0.133. The molecule has 0 aromatic carbocycles. The molecule has 1 N–H and O–H groups in total. The van der Waals surface area contributed by atoms with Crippen molar-refractivity contribution in [3.05, 3.63) is 16.7 Å². The molecule has 0 aliphatic carbocycles. The summed E-state index contributed by atoms with van der Waals surface area (Å²) in [6, 6.07) is 1.85. The SMILES string of the molecule is CN(C)n1c(SCC(=O)O)nc2cc(Br)cnc21. The van der Waals surface area contributed by atoms with Gasteiger partial charge in [0.2, 0.25) is 0 Å². The lowest BCUT2D eigenvalue weighted by atomic mass is 10.4. The number of halogens is 1. The summed E-state index contributed by atoms with van der Waals surface area (Å²) >= 11 is 4.51. The van der Waals surface area contributed by atoms with Crippen molar-refractivity contribution >= 4 is 44.8 Å². The molecule has 0 aliphatic heterocycles. The van der Waals surface area contributed by atoms with Gasteiger partial charge in [0.25, 0.3) is 0 Å². The third kappa shape index (κ3) is 2.59. The zero-order valence-electron chi connectivity index (χ0n) is 9.79. The van der Waals surface area contributed by atoms with Crippen LogP contribution in [0.3, 0.4) is 0 Å². The molecule has 6 nitrogen and oxygen atoms in total. The van der Waals surface area contributed by atoms with Gasteiger partial charge in [-0.15, -0.1) is 0 Å². The quantitative estimate of drug-likeness (QED) is 0.858. The maximum absolute atomic E-state index is 10.6. The second-order valence-electron chi connectivity index (χ2n) is 3.73. The maximum atomic E-state index is 10.6. The van der Waals surface area contributed by atoms with E-state index in [4.69, 9.17) is 5.11 Å². The van der Waals surface area contributed by atoms with Gasteiger partial charge in [0.15, 0.2) is 10.8 Å². The number of thioether (sulfide) groups is 1. The summed E-state index contributed by atoms with van der Waals surface area (Å²) in [6.45, 7) is 0. The number of carboxylic acids is 1. The van der Waals surface area contributed by atoms with E-state index in [0.29, 0.717) is 10.8 Å². The summed E-state index contributed by atoms with van der Waals surface area (Å²) in [5.41, 5.74) is 1.43. The zero-order chi connectivity index (χ0) is 13.3. The van der Waals surface area contributed by atoms with Crippen molar-refractivity contribution in [1.29, 1.82) is 0 Å². The molecular formula is C10H11BrN4O2S. The van der Waals surface area contributed by atoms with Crippen LogP contribution in [0.15, 0.2) is 21.9 Å². The third-order valence-corrected chi connectivity index (χ3v) is 3.48. The molecule has 2 heterocycles. The first kappa shape index (κ1) is 13.2. The highest BCUT2D eigenvalue weighted by Crippen LogP contribution is 2.24. The van der Waals surface area contributed by atoms with Crippen molar-refractivity contribution in [3.63, 3.8) is 0 Å². The van der Waals surface area contributed by atoms with E-state index >= 15 is 0 Å². The fourth-order valence-corrected chi connectivity index (χ4v) is 2.59. The number of imidazole rings is 1. The van der Waals surface area contributed by atoms with E-state index in [9.17, 15) is 4.79 Å². The van der Waals surface area contributed by atoms with E-state index in [1.54, 1.807) is 10.9 Å². The van der Waals surface area contributed by atoms with E-state index in [2.05, 4.69) is 25.9 Å². The molecule has 0 radical (unpaired) electrons. The number of aromatic nitrogens is 3. The number of fused-ring (bicyclic) bond motifs is 1. The fraction of sp³-hybridized carbons (Fsp3) is 0.300. The van der Waals surface area contributed by atoms with Crippen molar-refractivity contribution < 1.29 is 9.90 Å². The predicted octanol–water partition coefficient (Wildman–Crippen LogP) is 1.57. The summed E-state index contributed by atoms with van der Waals surface area (Å²) in [7, 11) is 3.71. The molecule has 8 heteroatoms. The van der Waals surface area contributed by atoms with Crippen LogP contribution in [0.25, 0.3) is 11.2 Å². The minimum atomic E-state index is -0.869. The van der Waals surface area contributed by atoms with Crippen molar-refractivity contribution in [1.82, 2.24) is 14.6 Å². The normalized spacial score (nSPS) is 10.8. The number of carboxylic acid groups (broad SMARTS) is 1. The van der Waals surface area contributed by atoms with Gasteiger partial charge in [-0.2, -0.15) is 0 Å². The molecule has 0 spiro atoms. The first-order valence-corrected chi connectivity index (χ1v) is 6.83. The lowest BCUT2D eigenvalue weighted by Crippen LogP contribution is -2.26. The van der Waals surface area contributed by atoms with Crippen molar-refractivity contribution in [2.45, 2.75) is 5.16 Å². The van der Waals surface area contributed by atoms with Crippen LogP contribution in [0.1, 0.15) is 0 Å². The molecule has 0 bridgehead atoms. The Balaban J connectivity index is 2.50. The molecule has 0 saturated heterocycles. The van der Waals surface area contributed by atoms with Gasteiger partial charge in [-0.05, 0) is 22.0 Å². The summed E-state index contributed by atoms with van der Waals surface area (Å²) < 4.78 is 2.63. The molecular weight excluding hydrogens is 320 g/mol. The monoisotopic (exact) mass is 330 g/mol. The van der Waals surface area contributed by atoms with Gasteiger partial charge in [0, 0.05) is 24.8 Å². The fourth-order valence-electron chi connectivity index (χ4n) is 1.49. The average Bonchev–Trinajstić information content (AvgIpc) is 2.63. The molecule has 0 aliphatic rings. The van der Waals surface area contributed by atoms with E-state index < -0.39 is 5.97 Å². The molecule has 18 heavy (non-hydrogen) atoms. The first-order valence-electron chi connectivity index (χ1n) is 5.05. The second kappa shape index (κ2) is 5.15. The number of nitrogens with zero attached hydrogens (tertiary/aromatic N) is 4. The van der Waals surface area contributed by atoms with Gasteiger partial charge in [0.05, 0.1) is 5.75 Å². The lowest BCUT2D eigenvalue weighted by Gasteiger charge is -2.16. The van der Waals surface area contributed by atoms with E-state index in [1.165, 1.54) is 11.8 Å². The van der Waals surface area contributed by atoms with Crippen LogP contribution in [-0.4, -0.2) is 45.6 Å². The summed E-state index contributed by atoms with van der Waals surface area (Å²) in [4.78, 5) is 19.3. The van der Waals surface area contributed by atoms with Crippen LogP contribution in [0.5, 0.6) is 0 Å². The summed E-state index contributed by atoms with van der Waals surface area (Å²) in [5.74, 6) is -0.898. The number of pyridine rings is 1. The highest BCUT2D eigenvalue weighted by atomic mass is 79.9. The van der Waals surface area contributed by atoms with E-state index in [1.807, 2.05) is 25.2 Å². The van der Waals surface area contributed by atoms with Gasteiger partial charge < -0.3 is 10.1 Å². The van der Waals surface area contributed by atoms with Crippen molar-refractivity contribution in [2.75, 3.05) is 24.9 Å². The van der Waals surface area contributed by atoms with Crippen LogP contribution in [0.4, 0.5) is 0 Å². The maximum Gasteiger partial charge on any atom is 0.313 e. The van der Waals surface area contributed by atoms with Gasteiger partial charge in [-0.3, -0.25) is 4.79 Å². The standard InChI is InChI=1S/C10H11BrN4O2S/c1-14(2)15-9-7(3-6(11)4-12-9)13-10(15)18-5-8(16)17/h3-4H,5H2,1-2H3,(H,16,17). The predicted molar refractivity (Wildman–Crippen MR) is 73.7 cm³/mol. The largest absolute Gasteiger partial charge is 0.481 e. The molecule has 96 valence electrons. The molecule has 0 unspecified atom stereocenters. The van der Waals surface area contributed by atoms with E-state index in [-0.39, 0.29) is 5.75 Å². The van der Waals surface area contributed by atoms with E-state index in [0.717, 1.165) is 9.99 Å². The minimum absolute atomic E-state index is 0.0294. The van der Waals surface area contributed by atoms with Gasteiger partial charge in [-0.25, -0.2) is 14.6 Å². The smallest absolute Gasteiger partial charge is 0.313 e. The van der Waals surface area contributed by atoms with Crippen LogP contribution < -0.4 is 5.01 Å². The Bertz CT molecular complexity index is 599. The Morgan fingerprint density at radius 3 is 2.94 bits per heavy atom. The van der Waals surface area contributed by atoms with Crippen molar-refractivity contribution in [3.8, 4) is 0 Å². The van der Waals surface area contributed by atoms with Gasteiger partial charge in [0.1, 0.15) is 5.52 Å². The topological polar surface area (TPSA) is 71.2 Å². The molecule has 2 aromatic heterocycles. The third-order valence-electron chi connectivity index (χ3n) is 2.14. The Labute approximate surface area is 116 Å². The van der Waals surface area contributed by atoms with Crippen LogP contribution in [0, 0.1) is 0 Å². The number of rotatable bonds is 4. The first-order chi connectivity index (χ1) is 8.49. The Hall–Kier alpha value is -1.28. The Morgan fingerprint density at radius 2 is 2.33 bits per heavy atom. The molecule has 0 fully saturated rings. The molecule has 0 saturated carbocycles. The number of hydrogen-bond acceptors (Lipinski definition) is 5. The average molecular weight is 331 g/mol. The molecule has 0 amide bonds. The van der Waals surface area contributed by atoms with Crippen molar-refractivity contribution in [2.24, 2.45) is 0 Å². The van der Waals surface area contributed by atoms with Crippen LogP contribution in [0.2, 0.25) is 0 Å². The summed E-state index contributed by atoms with van der Waals surface area (Å²) in [5, 5.41) is 11.2.